The number of aromatic nitrogens is 1. The second kappa shape index (κ2) is 11.6. The van der Waals surface area contributed by atoms with Gasteiger partial charge in [0.2, 0.25) is 5.91 Å². The lowest BCUT2D eigenvalue weighted by Gasteiger charge is -2.35. The first-order valence-electron chi connectivity index (χ1n) is 11.7. The second-order valence-electron chi connectivity index (χ2n) is 8.51. The number of anilines is 1. The summed E-state index contributed by atoms with van der Waals surface area (Å²) in [4.78, 5) is 33.2. The van der Waals surface area contributed by atoms with Gasteiger partial charge in [0.1, 0.15) is 5.82 Å². The maximum atomic E-state index is 13.3. The van der Waals surface area contributed by atoms with E-state index < -0.39 is 11.6 Å². The number of halogens is 2. The SMILES string of the molecule is O=C(NCCc1ccccc1)c1ccc(N2CCN(C(=O)CCc3ccc(F)c(F)c3)CC2)nc1. The molecule has 4 rings (SSSR count). The summed E-state index contributed by atoms with van der Waals surface area (Å²) in [5, 5.41) is 2.92. The van der Waals surface area contributed by atoms with Crippen LogP contribution in [0.5, 0.6) is 0 Å². The Morgan fingerprint density at radius 3 is 2.31 bits per heavy atom. The zero-order chi connectivity index (χ0) is 24.6. The number of pyridine rings is 1. The molecule has 1 aliphatic rings. The third kappa shape index (κ3) is 6.62. The quantitative estimate of drug-likeness (QED) is 0.537. The van der Waals surface area contributed by atoms with E-state index in [2.05, 4.69) is 15.2 Å². The summed E-state index contributed by atoms with van der Waals surface area (Å²) in [7, 11) is 0. The number of carbonyl (C=O) groups is 2. The molecule has 1 aromatic heterocycles. The van der Waals surface area contributed by atoms with Crippen LogP contribution in [0, 0.1) is 11.6 Å². The van der Waals surface area contributed by atoms with Crippen molar-refractivity contribution >= 4 is 17.6 Å². The fraction of sp³-hybridized carbons (Fsp3) is 0.296. The number of carbonyl (C=O) groups excluding carboxylic acids is 2. The highest BCUT2D eigenvalue weighted by Crippen LogP contribution is 2.16. The van der Waals surface area contributed by atoms with Crippen LogP contribution in [0.1, 0.15) is 27.9 Å². The Morgan fingerprint density at radius 2 is 1.63 bits per heavy atom. The predicted molar refractivity (Wildman–Crippen MR) is 130 cm³/mol. The molecule has 6 nitrogen and oxygen atoms in total. The van der Waals surface area contributed by atoms with Gasteiger partial charge in [-0.1, -0.05) is 36.4 Å². The number of aryl methyl sites for hydroxylation is 1. The van der Waals surface area contributed by atoms with Crippen molar-refractivity contribution in [3.8, 4) is 0 Å². The van der Waals surface area contributed by atoms with E-state index in [1.807, 2.05) is 36.4 Å². The molecule has 0 bridgehead atoms. The smallest absolute Gasteiger partial charge is 0.252 e. The highest BCUT2D eigenvalue weighted by molar-refractivity contribution is 5.94. The van der Waals surface area contributed by atoms with Crippen molar-refractivity contribution in [3.05, 3.63) is 95.2 Å². The van der Waals surface area contributed by atoms with Crippen LogP contribution in [0.2, 0.25) is 0 Å². The van der Waals surface area contributed by atoms with Crippen LogP contribution < -0.4 is 10.2 Å². The first kappa shape index (κ1) is 24.3. The lowest BCUT2D eigenvalue weighted by Crippen LogP contribution is -2.49. The molecule has 1 fully saturated rings. The van der Waals surface area contributed by atoms with Gasteiger partial charge in [0.25, 0.3) is 5.91 Å². The standard InChI is InChI=1S/C27H28F2N4O2/c28-23-9-6-21(18-24(23)29)7-11-26(34)33-16-14-32(15-17-33)25-10-8-22(19-31-25)27(35)30-13-12-20-4-2-1-3-5-20/h1-6,8-10,18-19H,7,11-17H2,(H,30,35). The van der Waals surface area contributed by atoms with Gasteiger partial charge < -0.3 is 15.1 Å². The average molecular weight is 479 g/mol. The highest BCUT2D eigenvalue weighted by atomic mass is 19.2. The largest absolute Gasteiger partial charge is 0.353 e. The normalized spacial score (nSPS) is 13.5. The van der Waals surface area contributed by atoms with Crippen LogP contribution in [0.4, 0.5) is 14.6 Å². The minimum atomic E-state index is -0.897. The van der Waals surface area contributed by atoms with E-state index in [0.29, 0.717) is 50.3 Å². The van der Waals surface area contributed by atoms with Crippen molar-refractivity contribution in [2.75, 3.05) is 37.6 Å². The lowest BCUT2D eigenvalue weighted by atomic mass is 10.1. The van der Waals surface area contributed by atoms with Crippen LogP contribution in [-0.2, 0) is 17.6 Å². The first-order chi connectivity index (χ1) is 17.0. The number of nitrogens with zero attached hydrogens (tertiary/aromatic N) is 3. The molecular weight excluding hydrogens is 450 g/mol. The minimum absolute atomic E-state index is 0.00939. The van der Waals surface area contributed by atoms with Gasteiger partial charge in [0.05, 0.1) is 5.56 Å². The Labute approximate surface area is 203 Å². The van der Waals surface area contributed by atoms with Gasteiger partial charge in [0, 0.05) is 45.3 Å². The number of piperazine rings is 1. The predicted octanol–water partition coefficient (Wildman–Crippen LogP) is 3.61. The second-order valence-corrected chi connectivity index (χ2v) is 8.51. The summed E-state index contributed by atoms with van der Waals surface area (Å²) in [6.45, 7) is 2.93. The fourth-order valence-corrected chi connectivity index (χ4v) is 4.06. The zero-order valence-corrected chi connectivity index (χ0v) is 19.4. The summed E-state index contributed by atoms with van der Waals surface area (Å²) < 4.78 is 26.4. The van der Waals surface area contributed by atoms with E-state index in [1.54, 1.807) is 17.2 Å². The van der Waals surface area contributed by atoms with E-state index >= 15 is 0 Å². The monoisotopic (exact) mass is 478 g/mol. The summed E-state index contributed by atoms with van der Waals surface area (Å²) in [5.41, 5.74) is 2.28. The number of rotatable bonds is 8. The molecular formula is C27H28F2N4O2. The third-order valence-corrected chi connectivity index (χ3v) is 6.12. The highest BCUT2D eigenvalue weighted by Gasteiger charge is 2.22. The lowest BCUT2D eigenvalue weighted by molar-refractivity contribution is -0.131. The van der Waals surface area contributed by atoms with Gasteiger partial charge in [-0.25, -0.2) is 13.8 Å². The molecule has 1 aliphatic heterocycles. The molecule has 3 aromatic rings. The van der Waals surface area contributed by atoms with Gasteiger partial charge in [-0.3, -0.25) is 9.59 Å². The number of nitrogens with one attached hydrogen (secondary N) is 1. The molecule has 0 saturated carbocycles. The maximum Gasteiger partial charge on any atom is 0.252 e. The summed E-state index contributed by atoms with van der Waals surface area (Å²) in [5.74, 6) is -1.19. The Morgan fingerprint density at radius 1 is 0.857 bits per heavy atom. The Hall–Kier alpha value is -3.81. The number of benzene rings is 2. The Kier molecular flexibility index (Phi) is 8.03. The van der Waals surface area contributed by atoms with Crippen molar-refractivity contribution < 1.29 is 18.4 Å². The Balaban J connectivity index is 1.21. The van der Waals surface area contributed by atoms with Gasteiger partial charge in [-0.2, -0.15) is 0 Å². The molecule has 2 aromatic carbocycles. The van der Waals surface area contributed by atoms with E-state index in [1.165, 1.54) is 11.6 Å². The fourth-order valence-electron chi connectivity index (χ4n) is 4.06. The van der Waals surface area contributed by atoms with Crippen molar-refractivity contribution in [1.29, 1.82) is 0 Å². The van der Waals surface area contributed by atoms with Gasteiger partial charge in [-0.05, 0) is 48.2 Å². The first-order valence-corrected chi connectivity index (χ1v) is 11.7. The molecule has 1 saturated heterocycles. The van der Waals surface area contributed by atoms with E-state index in [9.17, 15) is 18.4 Å². The zero-order valence-electron chi connectivity index (χ0n) is 19.4. The summed E-state index contributed by atoms with van der Waals surface area (Å²) >= 11 is 0. The average Bonchev–Trinajstić information content (AvgIpc) is 2.90. The van der Waals surface area contributed by atoms with Gasteiger partial charge in [0.15, 0.2) is 11.6 Å². The molecule has 0 spiro atoms. The molecule has 182 valence electrons. The molecule has 0 radical (unpaired) electrons. The molecule has 2 heterocycles. The molecule has 8 heteroatoms. The molecule has 35 heavy (non-hydrogen) atoms. The van der Waals surface area contributed by atoms with Crippen molar-refractivity contribution in [3.63, 3.8) is 0 Å². The maximum absolute atomic E-state index is 13.3. The molecule has 1 N–H and O–H groups in total. The topological polar surface area (TPSA) is 65.5 Å². The van der Waals surface area contributed by atoms with Gasteiger partial charge in [-0.15, -0.1) is 0 Å². The van der Waals surface area contributed by atoms with E-state index in [4.69, 9.17) is 0 Å². The van der Waals surface area contributed by atoms with Crippen LogP contribution >= 0.6 is 0 Å². The Bertz CT molecular complexity index is 1150. The van der Waals surface area contributed by atoms with Crippen LogP contribution in [-0.4, -0.2) is 54.4 Å². The van der Waals surface area contributed by atoms with Crippen LogP contribution in [0.3, 0.4) is 0 Å². The van der Waals surface area contributed by atoms with E-state index in [-0.39, 0.29) is 18.2 Å². The minimum Gasteiger partial charge on any atom is -0.353 e. The van der Waals surface area contributed by atoms with Crippen molar-refractivity contribution in [2.45, 2.75) is 19.3 Å². The number of amides is 2. The molecule has 2 amide bonds. The van der Waals surface area contributed by atoms with Gasteiger partial charge >= 0.3 is 0 Å². The van der Waals surface area contributed by atoms with Crippen molar-refractivity contribution in [1.82, 2.24) is 15.2 Å². The van der Waals surface area contributed by atoms with Crippen LogP contribution in [0.15, 0.2) is 66.9 Å². The molecule has 0 unspecified atom stereocenters. The molecule has 0 aliphatic carbocycles. The summed E-state index contributed by atoms with van der Waals surface area (Å²) in [6.07, 6.45) is 2.96. The molecule has 0 atom stereocenters. The number of hydrogen-bond acceptors (Lipinski definition) is 4. The van der Waals surface area contributed by atoms with Crippen molar-refractivity contribution in [2.24, 2.45) is 0 Å². The third-order valence-electron chi connectivity index (χ3n) is 6.12. The van der Waals surface area contributed by atoms with Crippen LogP contribution in [0.25, 0.3) is 0 Å². The van der Waals surface area contributed by atoms with E-state index in [0.717, 1.165) is 24.4 Å². The summed E-state index contributed by atoms with van der Waals surface area (Å²) in [6, 6.07) is 17.3. The number of hydrogen-bond donors (Lipinski definition) is 1.